The Hall–Kier alpha value is -1.78. The van der Waals surface area contributed by atoms with E-state index in [-0.39, 0.29) is 0 Å². The Morgan fingerprint density at radius 2 is 2.33 bits per heavy atom. The number of aryl methyl sites for hydroxylation is 1. The predicted octanol–water partition coefficient (Wildman–Crippen LogP) is 0.188. The molecule has 0 saturated carbocycles. The van der Waals surface area contributed by atoms with Gasteiger partial charge in [-0.05, 0) is 0 Å². The van der Waals surface area contributed by atoms with Crippen LogP contribution in [0, 0.1) is 0 Å². The van der Waals surface area contributed by atoms with Crippen LogP contribution in [0.2, 0.25) is 0 Å². The van der Waals surface area contributed by atoms with Gasteiger partial charge in [0.25, 0.3) is 0 Å². The molecule has 0 aliphatic carbocycles. The SMILES string of the molecule is Cn1cncc1-n1ccc(N)n1. The third-order valence-corrected chi connectivity index (χ3v) is 1.64. The van der Waals surface area contributed by atoms with E-state index in [9.17, 15) is 0 Å². The molecule has 0 aliphatic heterocycles. The van der Waals surface area contributed by atoms with Crippen LogP contribution in [0.3, 0.4) is 0 Å². The molecular formula is C7H9N5. The summed E-state index contributed by atoms with van der Waals surface area (Å²) in [6.07, 6.45) is 5.24. The molecule has 0 saturated heterocycles. The molecule has 5 nitrogen and oxygen atoms in total. The van der Waals surface area contributed by atoms with Gasteiger partial charge in [-0.1, -0.05) is 0 Å². The van der Waals surface area contributed by atoms with Gasteiger partial charge in [0.2, 0.25) is 0 Å². The first-order valence-corrected chi connectivity index (χ1v) is 3.55. The van der Waals surface area contributed by atoms with Crippen LogP contribution in [0.4, 0.5) is 5.82 Å². The second-order valence-electron chi connectivity index (χ2n) is 2.55. The van der Waals surface area contributed by atoms with Crippen LogP contribution in [-0.4, -0.2) is 19.3 Å². The standard InChI is InChI=1S/C7H9N5/c1-11-5-9-4-7(11)12-3-2-6(8)10-12/h2-5H,1H3,(H2,8,10). The zero-order valence-corrected chi connectivity index (χ0v) is 6.68. The number of hydrogen-bond acceptors (Lipinski definition) is 3. The van der Waals surface area contributed by atoms with Gasteiger partial charge in [0.05, 0.1) is 12.5 Å². The summed E-state index contributed by atoms with van der Waals surface area (Å²) in [6, 6.07) is 1.74. The fourth-order valence-corrected chi connectivity index (χ4v) is 1.04. The van der Waals surface area contributed by atoms with Gasteiger partial charge >= 0.3 is 0 Å². The summed E-state index contributed by atoms with van der Waals surface area (Å²) in [4.78, 5) is 3.97. The third-order valence-electron chi connectivity index (χ3n) is 1.64. The Balaban J connectivity index is 2.50. The second-order valence-corrected chi connectivity index (χ2v) is 2.55. The first-order chi connectivity index (χ1) is 5.77. The zero-order chi connectivity index (χ0) is 8.55. The van der Waals surface area contributed by atoms with Gasteiger partial charge in [0.15, 0.2) is 5.82 Å². The Bertz CT molecular complexity index is 386. The lowest BCUT2D eigenvalue weighted by molar-refractivity contribution is 0.776. The molecule has 0 amide bonds. The Morgan fingerprint density at radius 3 is 2.83 bits per heavy atom. The third kappa shape index (κ3) is 0.952. The van der Waals surface area contributed by atoms with E-state index in [1.54, 1.807) is 29.5 Å². The summed E-state index contributed by atoms with van der Waals surface area (Å²) in [5.41, 5.74) is 5.47. The average Bonchev–Trinajstić information content (AvgIpc) is 2.58. The molecule has 0 bridgehead atoms. The van der Waals surface area contributed by atoms with E-state index in [0.29, 0.717) is 5.82 Å². The molecule has 0 fully saturated rings. The largest absolute Gasteiger partial charge is 0.382 e. The lowest BCUT2D eigenvalue weighted by Crippen LogP contribution is -2.01. The highest BCUT2D eigenvalue weighted by atomic mass is 15.3. The number of anilines is 1. The molecule has 0 radical (unpaired) electrons. The van der Waals surface area contributed by atoms with Crippen LogP contribution in [0.5, 0.6) is 0 Å². The van der Waals surface area contributed by atoms with Crippen molar-refractivity contribution in [1.82, 2.24) is 19.3 Å². The van der Waals surface area contributed by atoms with Crippen molar-refractivity contribution in [3.8, 4) is 5.82 Å². The highest BCUT2D eigenvalue weighted by Gasteiger charge is 2.01. The maximum atomic E-state index is 5.47. The van der Waals surface area contributed by atoms with Crippen molar-refractivity contribution >= 4 is 5.82 Å². The normalized spacial score (nSPS) is 10.4. The molecular weight excluding hydrogens is 154 g/mol. The molecule has 0 atom stereocenters. The number of nitrogen functional groups attached to an aromatic ring is 1. The Morgan fingerprint density at radius 1 is 1.50 bits per heavy atom. The van der Waals surface area contributed by atoms with Crippen molar-refractivity contribution in [2.45, 2.75) is 0 Å². The van der Waals surface area contributed by atoms with Crippen molar-refractivity contribution in [2.75, 3.05) is 5.73 Å². The Labute approximate surface area is 69.4 Å². The van der Waals surface area contributed by atoms with Crippen molar-refractivity contribution in [3.63, 3.8) is 0 Å². The van der Waals surface area contributed by atoms with Crippen LogP contribution >= 0.6 is 0 Å². The van der Waals surface area contributed by atoms with Crippen LogP contribution < -0.4 is 5.73 Å². The summed E-state index contributed by atoms with van der Waals surface area (Å²) in [5.74, 6) is 1.41. The Kier molecular flexibility index (Phi) is 1.36. The van der Waals surface area contributed by atoms with E-state index in [2.05, 4.69) is 10.1 Å². The van der Waals surface area contributed by atoms with Gasteiger partial charge in [0.1, 0.15) is 5.82 Å². The van der Waals surface area contributed by atoms with Crippen molar-refractivity contribution in [3.05, 3.63) is 24.8 Å². The van der Waals surface area contributed by atoms with Gasteiger partial charge in [-0.25, -0.2) is 9.67 Å². The maximum absolute atomic E-state index is 5.47. The van der Waals surface area contributed by atoms with E-state index < -0.39 is 0 Å². The number of aromatic nitrogens is 4. The summed E-state index contributed by atoms with van der Waals surface area (Å²) < 4.78 is 3.55. The molecule has 0 aromatic carbocycles. The minimum absolute atomic E-state index is 0.510. The number of nitrogens with zero attached hydrogens (tertiary/aromatic N) is 4. The highest BCUT2D eigenvalue weighted by molar-refractivity contribution is 5.29. The van der Waals surface area contributed by atoms with E-state index in [4.69, 9.17) is 5.73 Å². The fraction of sp³-hybridized carbons (Fsp3) is 0.143. The van der Waals surface area contributed by atoms with Crippen molar-refractivity contribution in [2.24, 2.45) is 7.05 Å². The molecule has 2 heterocycles. The zero-order valence-electron chi connectivity index (χ0n) is 6.68. The van der Waals surface area contributed by atoms with Gasteiger partial charge < -0.3 is 10.3 Å². The molecule has 0 spiro atoms. The minimum atomic E-state index is 0.510. The molecule has 2 rings (SSSR count). The molecule has 2 aromatic heterocycles. The van der Waals surface area contributed by atoms with Gasteiger partial charge in [-0.15, -0.1) is 5.10 Å². The maximum Gasteiger partial charge on any atom is 0.153 e. The van der Waals surface area contributed by atoms with Gasteiger partial charge in [0, 0.05) is 19.3 Å². The molecule has 62 valence electrons. The topological polar surface area (TPSA) is 61.7 Å². The number of rotatable bonds is 1. The summed E-state index contributed by atoms with van der Waals surface area (Å²) >= 11 is 0. The van der Waals surface area contributed by atoms with Gasteiger partial charge in [-0.2, -0.15) is 0 Å². The summed E-state index contributed by atoms with van der Waals surface area (Å²) in [6.45, 7) is 0. The molecule has 0 aliphatic rings. The molecule has 0 unspecified atom stereocenters. The smallest absolute Gasteiger partial charge is 0.153 e. The average molecular weight is 163 g/mol. The quantitative estimate of drug-likeness (QED) is 0.652. The van der Waals surface area contributed by atoms with E-state index in [1.807, 2.05) is 11.6 Å². The first-order valence-electron chi connectivity index (χ1n) is 3.55. The van der Waals surface area contributed by atoms with E-state index >= 15 is 0 Å². The first kappa shape index (κ1) is 6.90. The van der Waals surface area contributed by atoms with Crippen molar-refractivity contribution < 1.29 is 0 Å². The lowest BCUT2D eigenvalue weighted by Gasteiger charge is -1.99. The number of nitrogens with two attached hydrogens (primary N) is 1. The molecule has 5 heteroatoms. The van der Waals surface area contributed by atoms with Crippen LogP contribution in [0.25, 0.3) is 5.82 Å². The van der Waals surface area contributed by atoms with Crippen LogP contribution in [0.15, 0.2) is 24.8 Å². The highest BCUT2D eigenvalue weighted by Crippen LogP contribution is 2.05. The van der Waals surface area contributed by atoms with Crippen molar-refractivity contribution in [1.29, 1.82) is 0 Å². The monoisotopic (exact) mass is 163 g/mol. The predicted molar refractivity (Wildman–Crippen MR) is 44.7 cm³/mol. The number of hydrogen-bond donors (Lipinski definition) is 1. The fourth-order valence-electron chi connectivity index (χ4n) is 1.04. The summed E-state index contributed by atoms with van der Waals surface area (Å²) in [7, 11) is 1.90. The van der Waals surface area contributed by atoms with E-state index in [1.165, 1.54) is 0 Å². The van der Waals surface area contributed by atoms with Crippen LogP contribution in [0.1, 0.15) is 0 Å². The molecule has 2 aromatic rings. The van der Waals surface area contributed by atoms with E-state index in [0.717, 1.165) is 5.82 Å². The second kappa shape index (κ2) is 2.37. The lowest BCUT2D eigenvalue weighted by atomic mass is 10.6. The number of imidazole rings is 1. The van der Waals surface area contributed by atoms with Gasteiger partial charge in [-0.3, -0.25) is 0 Å². The molecule has 12 heavy (non-hydrogen) atoms. The minimum Gasteiger partial charge on any atom is -0.382 e. The van der Waals surface area contributed by atoms with Crippen LogP contribution in [-0.2, 0) is 7.05 Å². The molecule has 2 N–H and O–H groups in total. The summed E-state index contributed by atoms with van der Waals surface area (Å²) in [5, 5.41) is 4.05.